The molecule has 4 N–H and O–H groups in total. The Labute approximate surface area is 246 Å². The molecule has 0 bridgehead atoms. The van der Waals surface area contributed by atoms with E-state index in [1.54, 1.807) is 6.07 Å². The van der Waals surface area contributed by atoms with E-state index in [1.165, 1.54) is 46.5 Å². The first-order valence-electron chi connectivity index (χ1n) is 14.6. The second-order valence-corrected chi connectivity index (χ2v) is 12.3. The van der Waals surface area contributed by atoms with Crippen LogP contribution >= 0.6 is 0 Å². The smallest absolute Gasteiger partial charge is 0.157 e. The number of fused-ring (bicyclic) bond motifs is 2. The summed E-state index contributed by atoms with van der Waals surface area (Å²) in [4.78, 5) is 0. The summed E-state index contributed by atoms with van der Waals surface area (Å²) in [6.07, 6.45) is 0.182. The van der Waals surface area contributed by atoms with E-state index in [4.69, 9.17) is 9.47 Å². The lowest BCUT2D eigenvalue weighted by Crippen LogP contribution is -2.31. The van der Waals surface area contributed by atoms with Crippen LogP contribution in [0.4, 0.5) is 0 Å². The molecule has 0 aromatic heterocycles. The van der Waals surface area contributed by atoms with Crippen molar-refractivity contribution in [1.82, 2.24) is 0 Å². The van der Waals surface area contributed by atoms with Crippen molar-refractivity contribution in [3.05, 3.63) is 105 Å². The highest BCUT2D eigenvalue weighted by Gasteiger charge is 2.43. The molecule has 4 aromatic rings. The molecule has 0 saturated carbocycles. The average molecular weight is 567 g/mol. The zero-order valence-electron chi connectivity index (χ0n) is 24.9. The Kier molecular flexibility index (Phi) is 6.76. The maximum atomic E-state index is 11.2. The van der Waals surface area contributed by atoms with Crippen molar-refractivity contribution in [3.8, 4) is 34.5 Å². The number of benzene rings is 4. The monoisotopic (exact) mass is 566 g/mol. The topological polar surface area (TPSA) is 99.4 Å². The van der Waals surface area contributed by atoms with Crippen LogP contribution < -0.4 is 9.47 Å². The second kappa shape index (κ2) is 10.2. The molecule has 2 aliphatic rings. The quantitative estimate of drug-likeness (QED) is 0.188. The summed E-state index contributed by atoms with van der Waals surface area (Å²) >= 11 is 0. The zero-order valence-corrected chi connectivity index (χ0v) is 24.9. The minimum atomic E-state index is -0.537. The van der Waals surface area contributed by atoms with E-state index in [2.05, 4.69) is 65.8 Å². The lowest BCUT2D eigenvalue weighted by atomic mass is 9.71. The van der Waals surface area contributed by atoms with Crippen molar-refractivity contribution in [2.75, 3.05) is 0 Å². The fourth-order valence-electron chi connectivity index (χ4n) is 6.98. The average Bonchev–Trinajstić information content (AvgIpc) is 2.93. The Morgan fingerprint density at radius 1 is 0.619 bits per heavy atom. The predicted octanol–water partition coefficient (Wildman–Crippen LogP) is 7.96. The van der Waals surface area contributed by atoms with Crippen molar-refractivity contribution >= 4 is 0 Å². The third kappa shape index (κ3) is 4.50. The summed E-state index contributed by atoms with van der Waals surface area (Å²) in [5, 5.41) is 41.9. The molecule has 0 saturated heterocycles. The summed E-state index contributed by atoms with van der Waals surface area (Å²) in [5.74, 6) is 0.316. The van der Waals surface area contributed by atoms with E-state index in [9.17, 15) is 20.4 Å². The van der Waals surface area contributed by atoms with Gasteiger partial charge in [-0.15, -0.1) is 0 Å². The van der Waals surface area contributed by atoms with E-state index in [0.717, 1.165) is 28.9 Å². The van der Waals surface area contributed by atoms with Crippen LogP contribution in [-0.4, -0.2) is 20.4 Å². The van der Waals surface area contributed by atoms with E-state index in [0.29, 0.717) is 16.9 Å². The Morgan fingerprint density at radius 3 is 2.05 bits per heavy atom. The molecule has 6 rings (SSSR count). The van der Waals surface area contributed by atoms with Gasteiger partial charge in [-0.05, 0) is 85.2 Å². The minimum Gasteiger partial charge on any atom is -0.508 e. The van der Waals surface area contributed by atoms with Crippen LogP contribution in [0.5, 0.6) is 34.5 Å². The second-order valence-electron chi connectivity index (χ2n) is 12.3. The number of aromatic hydroxyl groups is 4. The maximum absolute atomic E-state index is 11.2. The van der Waals surface area contributed by atoms with Gasteiger partial charge in [-0.2, -0.15) is 0 Å². The van der Waals surface area contributed by atoms with Crippen LogP contribution in [0.2, 0.25) is 0 Å². The fraction of sp³-hybridized carbons (Fsp3) is 0.333. The molecule has 0 spiro atoms. The highest BCUT2D eigenvalue weighted by Crippen LogP contribution is 2.57. The van der Waals surface area contributed by atoms with E-state index in [-0.39, 0.29) is 46.9 Å². The van der Waals surface area contributed by atoms with E-state index in [1.807, 2.05) is 0 Å². The first-order chi connectivity index (χ1) is 19.9. The summed E-state index contributed by atoms with van der Waals surface area (Å²) in [5.41, 5.74) is 9.26. The minimum absolute atomic E-state index is 0.0440. The summed E-state index contributed by atoms with van der Waals surface area (Å²) in [6, 6.07) is 16.3. The van der Waals surface area contributed by atoms with Gasteiger partial charge in [0.25, 0.3) is 0 Å². The molecule has 2 aliphatic heterocycles. The highest BCUT2D eigenvalue weighted by atomic mass is 16.5. The molecule has 6 nitrogen and oxygen atoms in total. The molecule has 42 heavy (non-hydrogen) atoms. The van der Waals surface area contributed by atoms with Gasteiger partial charge in [-0.1, -0.05) is 44.2 Å². The molecule has 0 amide bonds. The lowest BCUT2D eigenvalue weighted by molar-refractivity contribution is 0.0999. The molecule has 2 heterocycles. The molecule has 5 unspecified atom stereocenters. The van der Waals surface area contributed by atoms with Crippen molar-refractivity contribution in [1.29, 1.82) is 0 Å². The molecule has 0 radical (unpaired) electrons. The number of rotatable bonds is 3. The standard InChI is InChI=1S/C36H38O6/c1-17-7-8-23(12-18(17)2)34-21(5)13-26-19(3)11-20(4)31(36(26)42-34)32-22(6)35(24-9-10-27(38)28(39)14-24)41-30-16-25(37)15-29(40)33(30)32/h7-12,14-16,21-22,32,34-35,37-40H,13H2,1-6H3. The molecule has 218 valence electrons. The third-order valence-electron chi connectivity index (χ3n) is 9.31. The van der Waals surface area contributed by atoms with Crippen molar-refractivity contribution in [2.45, 2.75) is 66.1 Å². The first-order valence-corrected chi connectivity index (χ1v) is 14.6. The Bertz CT molecular complexity index is 1710. The molecular weight excluding hydrogens is 528 g/mol. The summed E-state index contributed by atoms with van der Waals surface area (Å²) in [6.45, 7) is 12.7. The van der Waals surface area contributed by atoms with Gasteiger partial charge in [0.2, 0.25) is 0 Å². The van der Waals surface area contributed by atoms with Gasteiger partial charge in [0.1, 0.15) is 35.2 Å². The van der Waals surface area contributed by atoms with Gasteiger partial charge in [0, 0.05) is 41.0 Å². The van der Waals surface area contributed by atoms with Crippen molar-refractivity contribution < 1.29 is 29.9 Å². The van der Waals surface area contributed by atoms with Gasteiger partial charge in [0.05, 0.1) is 0 Å². The van der Waals surface area contributed by atoms with Crippen molar-refractivity contribution in [2.24, 2.45) is 11.8 Å². The predicted molar refractivity (Wildman–Crippen MR) is 162 cm³/mol. The van der Waals surface area contributed by atoms with Crippen LogP contribution in [0.1, 0.15) is 82.0 Å². The number of hydrogen-bond acceptors (Lipinski definition) is 6. The number of ether oxygens (including phenoxy) is 2. The van der Waals surface area contributed by atoms with Crippen LogP contribution in [0.25, 0.3) is 0 Å². The molecular formula is C36H38O6. The summed E-state index contributed by atoms with van der Waals surface area (Å²) in [7, 11) is 0. The molecule has 6 heteroatoms. The molecule has 0 fully saturated rings. The Balaban J connectivity index is 1.55. The lowest BCUT2D eigenvalue weighted by Gasteiger charge is -2.42. The normalized spacial score (nSPS) is 23.0. The van der Waals surface area contributed by atoms with E-state index >= 15 is 0 Å². The van der Waals surface area contributed by atoms with Crippen LogP contribution in [0, 0.1) is 39.5 Å². The first kappa shape index (κ1) is 27.8. The highest BCUT2D eigenvalue weighted by molar-refractivity contribution is 5.62. The van der Waals surface area contributed by atoms with Gasteiger partial charge in [-0.3, -0.25) is 0 Å². The number of aryl methyl sites for hydroxylation is 4. The SMILES string of the molecule is Cc1ccc(C2Oc3c(c(C)cc(C)c3C3c4c(O)cc(O)cc4OC(c4ccc(O)c(O)c4)C3C)CC2C)cc1C. The maximum Gasteiger partial charge on any atom is 0.157 e. The van der Waals surface area contributed by atoms with Gasteiger partial charge in [0.15, 0.2) is 11.5 Å². The van der Waals surface area contributed by atoms with Crippen molar-refractivity contribution in [3.63, 3.8) is 0 Å². The fourth-order valence-corrected chi connectivity index (χ4v) is 6.98. The third-order valence-corrected chi connectivity index (χ3v) is 9.31. The van der Waals surface area contributed by atoms with Gasteiger partial charge in [-0.25, -0.2) is 0 Å². The number of hydrogen-bond donors (Lipinski definition) is 4. The number of phenolic OH excluding ortho intramolecular Hbond substituents is 4. The van der Waals surface area contributed by atoms with Gasteiger partial charge < -0.3 is 29.9 Å². The van der Waals surface area contributed by atoms with Crippen LogP contribution in [-0.2, 0) is 6.42 Å². The Morgan fingerprint density at radius 2 is 1.33 bits per heavy atom. The zero-order chi connectivity index (χ0) is 30.0. The van der Waals surface area contributed by atoms with Gasteiger partial charge >= 0.3 is 0 Å². The van der Waals surface area contributed by atoms with Crippen LogP contribution in [0.3, 0.4) is 0 Å². The van der Waals surface area contributed by atoms with Crippen LogP contribution in [0.15, 0.2) is 54.6 Å². The van der Waals surface area contributed by atoms with E-state index < -0.39 is 6.10 Å². The molecule has 5 atom stereocenters. The number of phenols is 4. The molecule has 0 aliphatic carbocycles. The Hall–Kier alpha value is -4.32. The largest absolute Gasteiger partial charge is 0.508 e. The summed E-state index contributed by atoms with van der Waals surface area (Å²) < 4.78 is 13.5. The molecule has 4 aromatic carbocycles.